The Balaban J connectivity index is 0.00000261. The third-order valence-electron chi connectivity index (χ3n) is 4.72. The predicted molar refractivity (Wildman–Crippen MR) is 116 cm³/mol. The number of carbonyl (C=O) groups excluding carboxylic acids is 1. The molecule has 0 bridgehead atoms. The van der Waals surface area contributed by atoms with Gasteiger partial charge in [-0.3, -0.25) is 4.99 Å². The number of nitrogens with zero attached hydrogens (tertiary/aromatic N) is 1. The van der Waals surface area contributed by atoms with E-state index in [0.29, 0.717) is 29.7 Å². The molecule has 0 radical (unpaired) electrons. The molecule has 1 unspecified atom stereocenters. The number of aryl methyl sites for hydroxylation is 2. The highest BCUT2D eigenvalue weighted by Gasteiger charge is 2.19. The lowest BCUT2D eigenvalue weighted by Gasteiger charge is -2.27. The standard InChI is InChI=1S/C20H25N3O3.HI/c1-13-18(19(24)25-3)11-17(26-13)12-22-20(21-2)23-16-9-8-14-6-4-5-7-15(14)10-16;/h4-7,11,16H,8-10,12H2,1-3H3,(H2,21,22,23);1H. The molecule has 1 aliphatic carbocycles. The second kappa shape index (κ2) is 9.77. The molecule has 0 amide bonds. The van der Waals surface area contributed by atoms with Gasteiger partial charge in [-0.05, 0) is 43.4 Å². The number of rotatable bonds is 4. The summed E-state index contributed by atoms with van der Waals surface area (Å²) in [5.74, 6) is 1.56. The maximum Gasteiger partial charge on any atom is 0.341 e. The summed E-state index contributed by atoms with van der Waals surface area (Å²) in [7, 11) is 3.11. The van der Waals surface area contributed by atoms with Gasteiger partial charge in [0.05, 0.1) is 13.7 Å². The van der Waals surface area contributed by atoms with Crippen LogP contribution in [-0.4, -0.2) is 32.1 Å². The molecule has 3 rings (SSSR count). The van der Waals surface area contributed by atoms with Crippen LogP contribution in [-0.2, 0) is 24.1 Å². The Morgan fingerprint density at radius 2 is 2.07 bits per heavy atom. The number of ether oxygens (including phenoxy) is 1. The molecule has 0 aliphatic heterocycles. The van der Waals surface area contributed by atoms with Crippen molar-refractivity contribution in [2.75, 3.05) is 14.2 Å². The van der Waals surface area contributed by atoms with E-state index in [1.165, 1.54) is 18.2 Å². The summed E-state index contributed by atoms with van der Waals surface area (Å²) in [5.41, 5.74) is 3.29. The van der Waals surface area contributed by atoms with Crippen molar-refractivity contribution < 1.29 is 13.9 Å². The quantitative estimate of drug-likeness (QED) is 0.303. The zero-order valence-electron chi connectivity index (χ0n) is 15.9. The fraction of sp³-hybridized carbons (Fsp3) is 0.400. The van der Waals surface area contributed by atoms with E-state index in [0.717, 1.165) is 25.2 Å². The van der Waals surface area contributed by atoms with E-state index in [2.05, 4.69) is 39.9 Å². The number of benzene rings is 1. The van der Waals surface area contributed by atoms with Crippen molar-refractivity contribution in [2.45, 2.75) is 38.8 Å². The zero-order valence-corrected chi connectivity index (χ0v) is 18.2. The van der Waals surface area contributed by atoms with Crippen LogP contribution in [0.5, 0.6) is 0 Å². The topological polar surface area (TPSA) is 75.9 Å². The van der Waals surface area contributed by atoms with Crippen LogP contribution in [0.25, 0.3) is 0 Å². The number of aliphatic imine (C=N–C) groups is 1. The number of hydrogen-bond acceptors (Lipinski definition) is 4. The minimum Gasteiger partial charge on any atom is -0.465 e. The Bertz CT molecular complexity index is 817. The van der Waals surface area contributed by atoms with Gasteiger partial charge in [0.2, 0.25) is 0 Å². The van der Waals surface area contributed by atoms with Gasteiger partial charge in [-0.2, -0.15) is 0 Å². The van der Waals surface area contributed by atoms with E-state index >= 15 is 0 Å². The van der Waals surface area contributed by atoms with Crippen LogP contribution < -0.4 is 10.6 Å². The zero-order chi connectivity index (χ0) is 18.5. The van der Waals surface area contributed by atoms with Crippen LogP contribution in [0.15, 0.2) is 39.7 Å². The highest BCUT2D eigenvalue weighted by molar-refractivity contribution is 14.0. The molecule has 0 spiro atoms. The van der Waals surface area contributed by atoms with Crippen molar-refractivity contribution in [1.82, 2.24) is 10.6 Å². The molecule has 6 nitrogen and oxygen atoms in total. The van der Waals surface area contributed by atoms with E-state index in [1.54, 1.807) is 20.0 Å². The van der Waals surface area contributed by atoms with Crippen molar-refractivity contribution >= 4 is 35.9 Å². The maximum absolute atomic E-state index is 11.7. The molecule has 1 aromatic heterocycles. The summed E-state index contributed by atoms with van der Waals surface area (Å²) in [6.07, 6.45) is 3.14. The van der Waals surface area contributed by atoms with Gasteiger partial charge in [0, 0.05) is 13.1 Å². The molecular formula is C20H26IN3O3. The highest BCUT2D eigenvalue weighted by Crippen LogP contribution is 2.21. The molecule has 1 aliphatic rings. The van der Waals surface area contributed by atoms with E-state index in [4.69, 9.17) is 9.15 Å². The van der Waals surface area contributed by atoms with E-state index in [9.17, 15) is 4.79 Å². The van der Waals surface area contributed by atoms with Crippen molar-refractivity contribution in [3.8, 4) is 0 Å². The molecule has 0 fully saturated rings. The van der Waals surface area contributed by atoms with Gasteiger partial charge in [0.25, 0.3) is 0 Å². The number of fused-ring (bicyclic) bond motifs is 1. The number of carbonyl (C=O) groups is 1. The maximum atomic E-state index is 11.7. The first-order valence-corrected chi connectivity index (χ1v) is 8.82. The average Bonchev–Trinajstić information content (AvgIpc) is 3.05. The SMILES string of the molecule is CN=C(NCc1cc(C(=O)OC)c(C)o1)NC1CCc2ccccc2C1.I. The summed E-state index contributed by atoms with van der Waals surface area (Å²) in [5, 5.41) is 6.73. The second-order valence-electron chi connectivity index (χ2n) is 6.45. The molecule has 27 heavy (non-hydrogen) atoms. The van der Waals surface area contributed by atoms with Crippen LogP contribution in [0.2, 0.25) is 0 Å². The van der Waals surface area contributed by atoms with Crippen molar-refractivity contribution in [3.63, 3.8) is 0 Å². The minimum absolute atomic E-state index is 0. The molecular weight excluding hydrogens is 457 g/mol. The van der Waals surface area contributed by atoms with Crippen LogP contribution >= 0.6 is 24.0 Å². The smallest absolute Gasteiger partial charge is 0.341 e. The van der Waals surface area contributed by atoms with Crippen LogP contribution in [0.4, 0.5) is 0 Å². The largest absolute Gasteiger partial charge is 0.465 e. The first-order chi connectivity index (χ1) is 12.6. The van der Waals surface area contributed by atoms with Crippen molar-refractivity contribution in [2.24, 2.45) is 4.99 Å². The molecule has 0 saturated carbocycles. The molecule has 1 aromatic carbocycles. The normalized spacial score (nSPS) is 16.1. The van der Waals surface area contributed by atoms with Gasteiger partial charge < -0.3 is 19.8 Å². The lowest BCUT2D eigenvalue weighted by molar-refractivity contribution is 0.0599. The van der Waals surface area contributed by atoms with Crippen LogP contribution in [0.3, 0.4) is 0 Å². The Hall–Kier alpha value is -2.03. The number of nitrogens with one attached hydrogen (secondary N) is 2. The fourth-order valence-corrected chi connectivity index (χ4v) is 3.32. The number of esters is 1. The highest BCUT2D eigenvalue weighted by atomic mass is 127. The lowest BCUT2D eigenvalue weighted by atomic mass is 9.88. The molecule has 1 atom stereocenters. The molecule has 1 heterocycles. The van der Waals surface area contributed by atoms with Crippen LogP contribution in [0, 0.1) is 6.92 Å². The number of hydrogen-bond donors (Lipinski definition) is 2. The first kappa shape index (κ1) is 21.3. The minimum atomic E-state index is -0.388. The number of halogens is 1. The Morgan fingerprint density at radius 3 is 2.78 bits per heavy atom. The Morgan fingerprint density at radius 1 is 1.33 bits per heavy atom. The monoisotopic (exact) mass is 483 g/mol. The van der Waals surface area contributed by atoms with Crippen molar-refractivity contribution in [3.05, 3.63) is 58.5 Å². The van der Waals surface area contributed by atoms with Gasteiger partial charge in [-0.15, -0.1) is 24.0 Å². The van der Waals surface area contributed by atoms with E-state index in [-0.39, 0.29) is 29.9 Å². The van der Waals surface area contributed by atoms with E-state index < -0.39 is 0 Å². The van der Waals surface area contributed by atoms with Crippen LogP contribution in [0.1, 0.15) is 39.4 Å². The van der Waals surface area contributed by atoms with Gasteiger partial charge >= 0.3 is 5.97 Å². The summed E-state index contributed by atoms with van der Waals surface area (Å²) in [6, 6.07) is 10.6. The molecule has 146 valence electrons. The van der Waals surface area contributed by atoms with Gasteiger partial charge in [-0.25, -0.2) is 4.79 Å². The predicted octanol–water partition coefficient (Wildman–Crippen LogP) is 3.22. The van der Waals surface area contributed by atoms with Gasteiger partial charge in [-0.1, -0.05) is 24.3 Å². The second-order valence-corrected chi connectivity index (χ2v) is 6.45. The van der Waals surface area contributed by atoms with Crippen molar-refractivity contribution in [1.29, 1.82) is 0 Å². The molecule has 2 aromatic rings. The fourth-order valence-electron chi connectivity index (χ4n) is 3.32. The van der Waals surface area contributed by atoms with E-state index in [1.807, 2.05) is 0 Å². The number of furan rings is 1. The Kier molecular flexibility index (Phi) is 7.70. The average molecular weight is 483 g/mol. The lowest BCUT2D eigenvalue weighted by Crippen LogP contribution is -2.45. The summed E-state index contributed by atoms with van der Waals surface area (Å²) >= 11 is 0. The first-order valence-electron chi connectivity index (χ1n) is 8.82. The summed E-state index contributed by atoms with van der Waals surface area (Å²) < 4.78 is 10.4. The molecule has 2 N–H and O–H groups in total. The molecule has 0 saturated heterocycles. The van der Waals surface area contributed by atoms with Gasteiger partial charge in [0.15, 0.2) is 5.96 Å². The third-order valence-corrected chi connectivity index (χ3v) is 4.72. The summed E-state index contributed by atoms with van der Waals surface area (Å²) in [4.78, 5) is 16.0. The summed E-state index contributed by atoms with van der Waals surface area (Å²) in [6.45, 7) is 2.20. The third kappa shape index (κ3) is 5.24. The Labute approximate surface area is 176 Å². The van der Waals surface area contributed by atoms with Gasteiger partial charge in [0.1, 0.15) is 17.1 Å². The number of guanidine groups is 1. The number of methoxy groups -OCH3 is 1. The molecule has 7 heteroatoms.